The first-order valence-electron chi connectivity index (χ1n) is 3.99. The number of hydrogen-bond acceptors (Lipinski definition) is 1. The zero-order valence-corrected chi connectivity index (χ0v) is 7.13. The molecule has 0 aliphatic heterocycles. The smallest absolute Gasteiger partial charge is 0.123 e. The van der Waals surface area contributed by atoms with Crippen LogP contribution in [0.2, 0.25) is 0 Å². The molecule has 1 aromatic carbocycles. The number of rotatable bonds is 4. The topological polar surface area (TPSA) is 12.0 Å². The lowest BCUT2D eigenvalue weighted by molar-refractivity contribution is 0.298. The fourth-order valence-electron chi connectivity index (χ4n) is 1.08. The van der Waals surface area contributed by atoms with Crippen molar-refractivity contribution < 1.29 is 8.87 Å². The average Bonchev–Trinajstić information content (AvgIpc) is 2.14. The monoisotopic (exact) mass is 183 g/mol. The Labute approximate surface area is 76.0 Å². The highest BCUT2D eigenvalue weighted by Gasteiger charge is 2.04. The number of halogens is 2. The SMILES string of the molecule is C=C[C@H](Cc1cccc(F)c1)NF. The lowest BCUT2D eigenvalue weighted by Gasteiger charge is -2.07. The maximum absolute atomic E-state index is 12.7. The van der Waals surface area contributed by atoms with Crippen LogP contribution in [0.1, 0.15) is 5.56 Å². The number of benzene rings is 1. The van der Waals surface area contributed by atoms with Gasteiger partial charge in [-0.2, -0.15) is 5.54 Å². The van der Waals surface area contributed by atoms with E-state index < -0.39 is 6.04 Å². The molecule has 1 nitrogen and oxygen atoms in total. The summed E-state index contributed by atoms with van der Waals surface area (Å²) in [6.45, 7) is 3.45. The van der Waals surface area contributed by atoms with E-state index in [4.69, 9.17) is 0 Å². The van der Waals surface area contributed by atoms with Crippen molar-refractivity contribution in [3.05, 3.63) is 48.3 Å². The van der Waals surface area contributed by atoms with E-state index in [0.717, 1.165) is 5.56 Å². The van der Waals surface area contributed by atoms with Gasteiger partial charge in [0.05, 0.1) is 6.04 Å². The molecule has 0 spiro atoms. The molecular weight excluding hydrogens is 172 g/mol. The van der Waals surface area contributed by atoms with Gasteiger partial charge >= 0.3 is 0 Å². The second-order valence-electron chi connectivity index (χ2n) is 2.79. The van der Waals surface area contributed by atoms with Crippen molar-refractivity contribution in [1.82, 2.24) is 5.54 Å². The minimum atomic E-state index is -0.457. The van der Waals surface area contributed by atoms with Crippen LogP contribution in [0.15, 0.2) is 36.9 Å². The van der Waals surface area contributed by atoms with Crippen LogP contribution in [-0.2, 0) is 6.42 Å². The summed E-state index contributed by atoms with van der Waals surface area (Å²) in [6.07, 6.45) is 1.85. The quantitative estimate of drug-likeness (QED) is 0.558. The summed E-state index contributed by atoms with van der Waals surface area (Å²) in [4.78, 5) is 0. The first kappa shape index (κ1) is 9.86. The molecule has 0 saturated heterocycles. The van der Waals surface area contributed by atoms with Gasteiger partial charge in [0.25, 0.3) is 0 Å². The van der Waals surface area contributed by atoms with Gasteiger partial charge in [0.1, 0.15) is 5.82 Å². The Bertz CT molecular complexity index is 286. The van der Waals surface area contributed by atoms with Crippen molar-refractivity contribution >= 4 is 0 Å². The molecule has 1 aromatic rings. The average molecular weight is 183 g/mol. The molecule has 0 radical (unpaired) electrons. The maximum Gasteiger partial charge on any atom is 0.123 e. The Morgan fingerprint density at radius 2 is 2.31 bits per heavy atom. The summed E-state index contributed by atoms with van der Waals surface area (Å²) in [7, 11) is 0. The minimum Gasteiger partial charge on any atom is -0.207 e. The molecule has 0 heterocycles. The van der Waals surface area contributed by atoms with Crippen LogP contribution in [0.3, 0.4) is 0 Å². The molecule has 0 fully saturated rings. The fraction of sp³-hybridized carbons (Fsp3) is 0.200. The van der Waals surface area contributed by atoms with E-state index in [2.05, 4.69) is 6.58 Å². The predicted molar refractivity (Wildman–Crippen MR) is 48.3 cm³/mol. The van der Waals surface area contributed by atoms with Crippen LogP contribution in [0.5, 0.6) is 0 Å². The number of nitrogens with one attached hydrogen (secondary N) is 1. The molecule has 1 atom stereocenters. The minimum absolute atomic E-state index is 0.306. The molecule has 70 valence electrons. The molecule has 0 aliphatic rings. The zero-order valence-electron chi connectivity index (χ0n) is 7.13. The van der Waals surface area contributed by atoms with E-state index in [1.54, 1.807) is 17.7 Å². The van der Waals surface area contributed by atoms with Crippen LogP contribution in [0, 0.1) is 5.82 Å². The second-order valence-corrected chi connectivity index (χ2v) is 2.79. The second kappa shape index (κ2) is 4.72. The van der Waals surface area contributed by atoms with E-state index in [9.17, 15) is 8.87 Å². The Hall–Kier alpha value is -1.22. The van der Waals surface area contributed by atoms with Crippen molar-refractivity contribution in [2.75, 3.05) is 0 Å². The molecule has 0 saturated carbocycles. The highest BCUT2D eigenvalue weighted by atomic mass is 19.2. The summed E-state index contributed by atoms with van der Waals surface area (Å²) in [5.41, 5.74) is 2.32. The van der Waals surface area contributed by atoms with Crippen molar-refractivity contribution in [3.8, 4) is 0 Å². The van der Waals surface area contributed by atoms with Gasteiger partial charge in [0.2, 0.25) is 0 Å². The zero-order chi connectivity index (χ0) is 9.68. The molecule has 1 N–H and O–H groups in total. The molecular formula is C10H11F2N. The van der Waals surface area contributed by atoms with Crippen molar-refractivity contribution in [3.63, 3.8) is 0 Å². The van der Waals surface area contributed by atoms with E-state index in [0.29, 0.717) is 6.42 Å². The fourth-order valence-corrected chi connectivity index (χ4v) is 1.08. The standard InChI is InChI=1S/C10H11F2N/c1-2-10(13-12)7-8-4-3-5-9(11)6-8/h2-6,10,13H,1,7H2/t10-/m1/s1. The molecule has 0 aromatic heterocycles. The Balaban J connectivity index is 2.67. The summed E-state index contributed by atoms with van der Waals surface area (Å²) in [5.74, 6) is -0.306. The highest BCUT2D eigenvalue weighted by Crippen LogP contribution is 2.06. The maximum atomic E-state index is 12.7. The van der Waals surface area contributed by atoms with Gasteiger partial charge in [-0.25, -0.2) is 4.39 Å². The summed E-state index contributed by atoms with van der Waals surface area (Å²) in [5, 5.41) is 0. The van der Waals surface area contributed by atoms with E-state index >= 15 is 0 Å². The van der Waals surface area contributed by atoms with Gasteiger partial charge in [-0.05, 0) is 24.1 Å². The third-order valence-electron chi connectivity index (χ3n) is 1.77. The molecule has 3 heteroatoms. The van der Waals surface area contributed by atoms with E-state index in [1.165, 1.54) is 18.2 Å². The summed E-state index contributed by atoms with van der Waals surface area (Å²) in [6, 6.07) is 5.63. The largest absolute Gasteiger partial charge is 0.207 e. The van der Waals surface area contributed by atoms with Crippen molar-refractivity contribution in [2.45, 2.75) is 12.5 Å². The Morgan fingerprint density at radius 1 is 1.54 bits per heavy atom. The number of hydrogen-bond donors (Lipinski definition) is 1. The van der Waals surface area contributed by atoms with E-state index in [-0.39, 0.29) is 5.82 Å². The molecule has 0 bridgehead atoms. The normalized spacial score (nSPS) is 12.5. The van der Waals surface area contributed by atoms with Gasteiger partial charge in [-0.3, -0.25) is 0 Å². The Morgan fingerprint density at radius 3 is 2.85 bits per heavy atom. The summed E-state index contributed by atoms with van der Waals surface area (Å²) >= 11 is 0. The van der Waals surface area contributed by atoms with Gasteiger partial charge < -0.3 is 0 Å². The molecule has 0 unspecified atom stereocenters. The van der Waals surface area contributed by atoms with E-state index in [1.807, 2.05) is 0 Å². The van der Waals surface area contributed by atoms with Crippen LogP contribution in [0.4, 0.5) is 8.87 Å². The van der Waals surface area contributed by atoms with Crippen LogP contribution in [-0.4, -0.2) is 6.04 Å². The van der Waals surface area contributed by atoms with Crippen molar-refractivity contribution in [1.29, 1.82) is 0 Å². The van der Waals surface area contributed by atoms with Gasteiger partial charge in [0.15, 0.2) is 0 Å². The highest BCUT2D eigenvalue weighted by molar-refractivity contribution is 5.18. The molecule has 13 heavy (non-hydrogen) atoms. The van der Waals surface area contributed by atoms with Crippen LogP contribution < -0.4 is 5.54 Å². The Kier molecular flexibility index (Phi) is 3.58. The van der Waals surface area contributed by atoms with Crippen molar-refractivity contribution in [2.24, 2.45) is 0 Å². The molecule has 0 aliphatic carbocycles. The third-order valence-corrected chi connectivity index (χ3v) is 1.77. The van der Waals surface area contributed by atoms with Gasteiger partial charge in [0, 0.05) is 0 Å². The third kappa shape index (κ3) is 2.95. The molecule has 1 rings (SSSR count). The first-order valence-corrected chi connectivity index (χ1v) is 3.99. The summed E-state index contributed by atoms with van der Waals surface area (Å²) < 4.78 is 24.7. The molecule has 0 amide bonds. The lowest BCUT2D eigenvalue weighted by Crippen LogP contribution is -2.21. The van der Waals surface area contributed by atoms with Gasteiger partial charge in [-0.1, -0.05) is 18.2 Å². The van der Waals surface area contributed by atoms with Gasteiger partial charge in [-0.15, -0.1) is 11.1 Å². The van der Waals surface area contributed by atoms with Crippen LogP contribution in [0.25, 0.3) is 0 Å². The predicted octanol–water partition coefficient (Wildman–Crippen LogP) is 2.40. The van der Waals surface area contributed by atoms with Crippen LogP contribution >= 0.6 is 0 Å². The lowest BCUT2D eigenvalue weighted by atomic mass is 10.1. The first-order chi connectivity index (χ1) is 6.26.